The van der Waals surface area contributed by atoms with Gasteiger partial charge in [-0.25, -0.2) is 4.98 Å². The van der Waals surface area contributed by atoms with Crippen molar-refractivity contribution in [1.82, 2.24) is 10.3 Å². The summed E-state index contributed by atoms with van der Waals surface area (Å²) in [7, 11) is 0. The third-order valence-electron chi connectivity index (χ3n) is 4.39. The minimum absolute atomic E-state index is 0.0850. The van der Waals surface area contributed by atoms with Crippen molar-refractivity contribution in [3.63, 3.8) is 0 Å². The Labute approximate surface area is 159 Å². The first kappa shape index (κ1) is 17.0. The fourth-order valence-electron chi connectivity index (χ4n) is 3.09. The van der Waals surface area contributed by atoms with Gasteiger partial charge < -0.3 is 10.2 Å². The second kappa shape index (κ2) is 7.05. The van der Waals surface area contributed by atoms with Crippen LogP contribution in [0.25, 0.3) is 10.2 Å². The van der Waals surface area contributed by atoms with E-state index in [1.54, 1.807) is 28.4 Å². The Balaban J connectivity index is 1.41. The summed E-state index contributed by atoms with van der Waals surface area (Å²) in [6.45, 7) is 0.712. The molecule has 0 aliphatic carbocycles. The first-order valence-corrected chi connectivity index (χ1v) is 9.48. The van der Waals surface area contributed by atoms with Crippen molar-refractivity contribution in [2.24, 2.45) is 5.92 Å². The van der Waals surface area contributed by atoms with E-state index in [0.29, 0.717) is 23.8 Å². The first-order chi connectivity index (χ1) is 12.6. The van der Waals surface area contributed by atoms with Gasteiger partial charge in [-0.3, -0.25) is 9.59 Å². The van der Waals surface area contributed by atoms with Gasteiger partial charge in [0.05, 0.1) is 33.4 Å². The highest BCUT2D eigenvalue weighted by molar-refractivity contribution is 7.18. The van der Waals surface area contributed by atoms with Crippen LogP contribution in [0.2, 0.25) is 5.02 Å². The molecule has 0 saturated carbocycles. The Hall–Kier alpha value is -2.44. The molecule has 1 saturated heterocycles. The number of nitrogens with one attached hydrogen (secondary N) is 1. The third-order valence-corrected chi connectivity index (χ3v) is 5.75. The summed E-state index contributed by atoms with van der Waals surface area (Å²) < 4.78 is 1.10. The molecule has 3 aromatic rings. The van der Waals surface area contributed by atoms with Gasteiger partial charge in [0.15, 0.2) is 0 Å². The van der Waals surface area contributed by atoms with Crippen LogP contribution in [0.15, 0.2) is 48.5 Å². The minimum atomic E-state index is -0.381. The molecule has 0 bridgehead atoms. The molecular formula is C19H16ClN3O2S. The molecule has 2 aromatic carbocycles. The summed E-state index contributed by atoms with van der Waals surface area (Å²) in [5.41, 5.74) is 1.59. The standard InChI is InChI=1S/C19H16ClN3O2S/c20-13-5-1-3-7-15(13)23-11-12(9-18(23)24)19(25)21-10-17-22-14-6-2-4-8-16(14)26-17/h1-8,12H,9-11H2,(H,21,25). The number of carbonyl (C=O) groups is 2. The third kappa shape index (κ3) is 3.30. The van der Waals surface area contributed by atoms with E-state index in [4.69, 9.17) is 11.6 Å². The van der Waals surface area contributed by atoms with Crippen molar-refractivity contribution >= 4 is 50.7 Å². The Morgan fingerprint density at radius 3 is 2.81 bits per heavy atom. The van der Waals surface area contributed by atoms with Gasteiger partial charge in [-0.2, -0.15) is 0 Å². The molecule has 7 heteroatoms. The van der Waals surface area contributed by atoms with E-state index in [0.717, 1.165) is 15.2 Å². The van der Waals surface area contributed by atoms with Crippen LogP contribution in [0, 0.1) is 5.92 Å². The maximum Gasteiger partial charge on any atom is 0.227 e. The second-order valence-corrected chi connectivity index (χ2v) is 7.67. The van der Waals surface area contributed by atoms with Crippen LogP contribution >= 0.6 is 22.9 Å². The number of hydrogen-bond donors (Lipinski definition) is 1. The summed E-state index contributed by atoms with van der Waals surface area (Å²) in [5.74, 6) is -0.599. The lowest BCUT2D eigenvalue weighted by atomic mass is 10.1. The molecule has 1 aliphatic rings. The zero-order chi connectivity index (χ0) is 18.1. The summed E-state index contributed by atoms with van der Waals surface area (Å²) in [6, 6.07) is 15.0. The molecule has 1 atom stereocenters. The molecule has 1 aliphatic heterocycles. The average molecular weight is 386 g/mol. The molecule has 0 radical (unpaired) electrons. The van der Waals surface area contributed by atoms with Gasteiger partial charge in [-0.1, -0.05) is 35.9 Å². The van der Waals surface area contributed by atoms with Crippen LogP contribution in [-0.2, 0) is 16.1 Å². The van der Waals surface area contributed by atoms with Gasteiger partial charge in [0.25, 0.3) is 0 Å². The van der Waals surface area contributed by atoms with Crippen molar-refractivity contribution < 1.29 is 9.59 Å². The number of halogens is 1. The van der Waals surface area contributed by atoms with Crippen LogP contribution in [0.4, 0.5) is 5.69 Å². The van der Waals surface area contributed by atoms with E-state index in [2.05, 4.69) is 10.3 Å². The first-order valence-electron chi connectivity index (χ1n) is 8.29. The zero-order valence-electron chi connectivity index (χ0n) is 13.8. The molecule has 1 fully saturated rings. The highest BCUT2D eigenvalue weighted by Gasteiger charge is 2.35. The lowest BCUT2D eigenvalue weighted by Crippen LogP contribution is -2.32. The van der Waals surface area contributed by atoms with Crippen LogP contribution in [0.3, 0.4) is 0 Å². The van der Waals surface area contributed by atoms with Crippen LogP contribution in [0.1, 0.15) is 11.4 Å². The fraction of sp³-hybridized carbons (Fsp3) is 0.211. The summed E-state index contributed by atoms with van der Waals surface area (Å²) >= 11 is 7.74. The number of fused-ring (bicyclic) bond motifs is 1. The number of hydrogen-bond acceptors (Lipinski definition) is 4. The molecule has 2 amide bonds. The van der Waals surface area contributed by atoms with Gasteiger partial charge in [0, 0.05) is 13.0 Å². The molecule has 26 heavy (non-hydrogen) atoms. The van der Waals surface area contributed by atoms with Gasteiger partial charge in [0.1, 0.15) is 5.01 Å². The van der Waals surface area contributed by atoms with Crippen LogP contribution < -0.4 is 10.2 Å². The number of anilines is 1. The van der Waals surface area contributed by atoms with Crippen molar-refractivity contribution in [1.29, 1.82) is 0 Å². The highest BCUT2D eigenvalue weighted by atomic mass is 35.5. The van der Waals surface area contributed by atoms with Crippen molar-refractivity contribution in [2.45, 2.75) is 13.0 Å². The number of para-hydroxylation sites is 2. The Morgan fingerprint density at radius 2 is 2.00 bits per heavy atom. The molecular weight excluding hydrogens is 370 g/mol. The van der Waals surface area contributed by atoms with Crippen molar-refractivity contribution in [3.8, 4) is 0 Å². The van der Waals surface area contributed by atoms with Gasteiger partial charge in [-0.15, -0.1) is 11.3 Å². The monoisotopic (exact) mass is 385 g/mol. The molecule has 1 aromatic heterocycles. The summed E-state index contributed by atoms with van der Waals surface area (Å²) in [5, 5.41) is 4.27. The van der Waals surface area contributed by atoms with E-state index in [1.165, 1.54) is 0 Å². The lowest BCUT2D eigenvalue weighted by Gasteiger charge is -2.17. The molecule has 5 nitrogen and oxygen atoms in total. The molecule has 4 rings (SSSR count). The number of thiazole rings is 1. The predicted octanol–water partition coefficient (Wildman–Crippen LogP) is 3.62. The predicted molar refractivity (Wildman–Crippen MR) is 103 cm³/mol. The van der Waals surface area contributed by atoms with E-state index in [1.807, 2.05) is 36.4 Å². The van der Waals surface area contributed by atoms with Crippen molar-refractivity contribution in [3.05, 3.63) is 58.6 Å². The SMILES string of the molecule is O=C(NCc1nc2ccccc2s1)C1CC(=O)N(c2ccccc2Cl)C1. The smallest absolute Gasteiger partial charge is 0.227 e. The maximum absolute atomic E-state index is 12.5. The Kier molecular flexibility index (Phi) is 4.61. The molecule has 132 valence electrons. The number of nitrogens with zero attached hydrogens (tertiary/aromatic N) is 2. The largest absolute Gasteiger partial charge is 0.349 e. The van der Waals surface area contributed by atoms with Crippen LogP contribution in [0.5, 0.6) is 0 Å². The lowest BCUT2D eigenvalue weighted by molar-refractivity contribution is -0.126. The van der Waals surface area contributed by atoms with E-state index < -0.39 is 0 Å². The molecule has 2 heterocycles. The number of carbonyl (C=O) groups excluding carboxylic acids is 2. The quantitative estimate of drug-likeness (QED) is 0.746. The fourth-order valence-corrected chi connectivity index (χ4v) is 4.23. The average Bonchev–Trinajstić information content (AvgIpc) is 3.23. The van der Waals surface area contributed by atoms with E-state index in [-0.39, 0.29) is 24.2 Å². The van der Waals surface area contributed by atoms with Gasteiger partial charge in [0.2, 0.25) is 11.8 Å². The Morgan fingerprint density at radius 1 is 1.23 bits per heavy atom. The molecule has 1 N–H and O–H groups in total. The highest BCUT2D eigenvalue weighted by Crippen LogP contribution is 2.31. The number of aromatic nitrogens is 1. The minimum Gasteiger partial charge on any atom is -0.349 e. The van der Waals surface area contributed by atoms with Crippen LogP contribution in [-0.4, -0.2) is 23.3 Å². The molecule has 1 unspecified atom stereocenters. The molecule has 0 spiro atoms. The van der Waals surface area contributed by atoms with Crippen molar-refractivity contribution in [2.75, 3.05) is 11.4 Å². The number of amides is 2. The second-order valence-electron chi connectivity index (χ2n) is 6.15. The van der Waals surface area contributed by atoms with Gasteiger partial charge >= 0.3 is 0 Å². The normalized spacial score (nSPS) is 17.0. The summed E-state index contributed by atoms with van der Waals surface area (Å²) in [6.07, 6.45) is 0.191. The topological polar surface area (TPSA) is 62.3 Å². The van der Waals surface area contributed by atoms with Gasteiger partial charge in [-0.05, 0) is 24.3 Å². The number of benzene rings is 2. The Bertz CT molecular complexity index is 955. The summed E-state index contributed by atoms with van der Waals surface area (Å²) in [4.78, 5) is 30.9. The zero-order valence-corrected chi connectivity index (χ0v) is 15.4. The van der Waals surface area contributed by atoms with E-state index in [9.17, 15) is 9.59 Å². The number of rotatable bonds is 4. The van der Waals surface area contributed by atoms with E-state index >= 15 is 0 Å². The maximum atomic E-state index is 12.5.